The summed E-state index contributed by atoms with van der Waals surface area (Å²) >= 11 is 0. The van der Waals surface area contributed by atoms with Crippen LogP contribution in [0.5, 0.6) is 5.75 Å². The van der Waals surface area contributed by atoms with E-state index in [-0.39, 0.29) is 0 Å². The van der Waals surface area contributed by atoms with Crippen LogP contribution in [0.15, 0.2) is 29.3 Å². The summed E-state index contributed by atoms with van der Waals surface area (Å²) in [6.07, 6.45) is 2.00. The monoisotopic (exact) mass is 444 g/mol. The maximum atomic E-state index is 5.75. The molecule has 0 aliphatic carbocycles. The van der Waals surface area contributed by atoms with Gasteiger partial charge in [-0.3, -0.25) is 0 Å². The molecule has 1 aromatic heterocycles. The van der Waals surface area contributed by atoms with Crippen LogP contribution in [0, 0.1) is 12.8 Å². The maximum absolute atomic E-state index is 5.75. The average Bonchev–Trinajstić information content (AvgIpc) is 3.41. The van der Waals surface area contributed by atoms with Gasteiger partial charge in [0.05, 0.1) is 26.9 Å². The van der Waals surface area contributed by atoms with Gasteiger partial charge in [0.15, 0.2) is 11.8 Å². The van der Waals surface area contributed by atoms with Crippen molar-refractivity contribution in [2.45, 2.75) is 26.3 Å². The molecule has 0 amide bonds. The molecule has 1 aliphatic rings. The number of hydrogen-bond acceptors (Lipinski definition) is 6. The molecule has 0 bridgehead atoms. The van der Waals surface area contributed by atoms with Gasteiger partial charge in [-0.2, -0.15) is 0 Å². The molecular formula is C23H36N6O3. The normalized spacial score (nSPS) is 16.6. The fraction of sp³-hybridized carbons (Fsp3) is 0.609. The predicted molar refractivity (Wildman–Crippen MR) is 124 cm³/mol. The van der Waals surface area contributed by atoms with E-state index in [9.17, 15) is 0 Å². The van der Waals surface area contributed by atoms with Gasteiger partial charge >= 0.3 is 0 Å². The maximum Gasteiger partial charge on any atom is 0.194 e. The molecule has 176 valence electrons. The molecule has 1 fully saturated rings. The zero-order valence-electron chi connectivity index (χ0n) is 19.7. The van der Waals surface area contributed by atoms with Crippen molar-refractivity contribution in [2.24, 2.45) is 18.0 Å². The number of guanidine groups is 1. The third-order valence-corrected chi connectivity index (χ3v) is 5.78. The van der Waals surface area contributed by atoms with Crippen molar-refractivity contribution in [3.63, 3.8) is 0 Å². The van der Waals surface area contributed by atoms with Crippen LogP contribution in [0.4, 0.5) is 0 Å². The summed E-state index contributed by atoms with van der Waals surface area (Å²) in [5.41, 5.74) is 1.26. The van der Waals surface area contributed by atoms with Crippen molar-refractivity contribution < 1.29 is 14.2 Å². The Morgan fingerprint density at radius 2 is 2.00 bits per heavy atom. The van der Waals surface area contributed by atoms with Gasteiger partial charge in [-0.05, 0) is 37.5 Å². The lowest BCUT2D eigenvalue weighted by atomic mass is 10.1. The number of methoxy groups -OCH3 is 2. The van der Waals surface area contributed by atoms with Crippen LogP contribution in [0.2, 0.25) is 0 Å². The molecule has 0 spiro atoms. The van der Waals surface area contributed by atoms with Gasteiger partial charge in [-0.25, -0.2) is 4.99 Å². The SMILES string of the molecule is COCCOCC1CCN(C(=NCc2nnc(C)n2C)NCCc2ccc(OC)cc2)C1. The smallest absolute Gasteiger partial charge is 0.194 e. The second-order valence-corrected chi connectivity index (χ2v) is 8.06. The molecule has 3 rings (SSSR count). The van der Waals surface area contributed by atoms with E-state index < -0.39 is 0 Å². The van der Waals surface area contributed by atoms with Crippen molar-refractivity contribution in [1.29, 1.82) is 0 Å². The quantitative estimate of drug-likeness (QED) is 0.321. The van der Waals surface area contributed by atoms with Crippen molar-refractivity contribution >= 4 is 5.96 Å². The highest BCUT2D eigenvalue weighted by atomic mass is 16.5. The molecule has 9 heteroatoms. The van der Waals surface area contributed by atoms with Crippen LogP contribution in [0.3, 0.4) is 0 Å². The molecule has 2 aromatic rings. The molecule has 0 saturated carbocycles. The zero-order valence-corrected chi connectivity index (χ0v) is 19.7. The molecule has 1 aliphatic heterocycles. The standard InChI is InChI=1S/C23H36N6O3/c1-18-26-27-22(28(18)2)15-25-23(24-11-9-19-5-7-21(31-4)8-6-19)29-12-10-20(16-29)17-32-14-13-30-3/h5-8,20H,9-17H2,1-4H3,(H,24,25). The van der Waals surface area contributed by atoms with E-state index in [0.717, 1.165) is 62.4 Å². The van der Waals surface area contributed by atoms with Gasteiger partial charge in [-0.1, -0.05) is 12.1 Å². The Hall–Kier alpha value is -2.65. The number of hydrogen-bond donors (Lipinski definition) is 1. The molecular weight excluding hydrogens is 408 g/mol. The van der Waals surface area contributed by atoms with Gasteiger partial charge in [0, 0.05) is 39.7 Å². The van der Waals surface area contributed by atoms with Crippen molar-refractivity contribution in [2.75, 3.05) is 53.7 Å². The lowest BCUT2D eigenvalue weighted by Crippen LogP contribution is -2.41. The number of aryl methyl sites for hydroxylation is 1. The average molecular weight is 445 g/mol. The van der Waals surface area contributed by atoms with Crippen molar-refractivity contribution in [3.05, 3.63) is 41.5 Å². The molecule has 1 N–H and O–H groups in total. The number of nitrogens with zero attached hydrogens (tertiary/aromatic N) is 5. The number of nitrogens with one attached hydrogen (secondary N) is 1. The first-order chi connectivity index (χ1) is 15.6. The molecule has 9 nitrogen and oxygen atoms in total. The summed E-state index contributed by atoms with van der Waals surface area (Å²) in [5.74, 6) is 4.03. The lowest BCUT2D eigenvalue weighted by Gasteiger charge is -2.22. The number of ether oxygens (including phenoxy) is 3. The van der Waals surface area contributed by atoms with E-state index in [0.29, 0.717) is 25.7 Å². The van der Waals surface area contributed by atoms with Crippen LogP contribution in [0.1, 0.15) is 23.6 Å². The number of aromatic nitrogens is 3. The minimum atomic E-state index is 0.494. The van der Waals surface area contributed by atoms with Gasteiger partial charge < -0.3 is 29.0 Å². The largest absolute Gasteiger partial charge is 0.497 e. The van der Waals surface area contributed by atoms with Crippen molar-refractivity contribution in [1.82, 2.24) is 25.0 Å². The van der Waals surface area contributed by atoms with Crippen LogP contribution < -0.4 is 10.1 Å². The van der Waals surface area contributed by atoms with Crippen LogP contribution in [0.25, 0.3) is 0 Å². The molecule has 32 heavy (non-hydrogen) atoms. The lowest BCUT2D eigenvalue weighted by molar-refractivity contribution is 0.0536. The summed E-state index contributed by atoms with van der Waals surface area (Å²) in [7, 11) is 5.35. The Balaban J connectivity index is 1.59. The Kier molecular flexibility index (Phi) is 9.30. The highest BCUT2D eigenvalue weighted by molar-refractivity contribution is 5.80. The molecule has 1 aromatic carbocycles. The summed E-state index contributed by atoms with van der Waals surface area (Å²) in [6.45, 7) is 7.16. The van der Waals surface area contributed by atoms with Gasteiger partial charge in [-0.15, -0.1) is 10.2 Å². The topological polar surface area (TPSA) is 86.0 Å². The van der Waals surface area contributed by atoms with Gasteiger partial charge in [0.25, 0.3) is 0 Å². The summed E-state index contributed by atoms with van der Waals surface area (Å²) in [5, 5.41) is 11.9. The first-order valence-electron chi connectivity index (χ1n) is 11.2. The molecule has 0 radical (unpaired) electrons. The highest BCUT2D eigenvalue weighted by Gasteiger charge is 2.25. The second-order valence-electron chi connectivity index (χ2n) is 8.06. The van der Waals surface area contributed by atoms with Gasteiger partial charge in [0.2, 0.25) is 0 Å². The van der Waals surface area contributed by atoms with E-state index in [1.807, 2.05) is 30.7 Å². The van der Waals surface area contributed by atoms with E-state index in [2.05, 4.69) is 32.5 Å². The Morgan fingerprint density at radius 3 is 2.69 bits per heavy atom. The molecule has 1 saturated heterocycles. The number of rotatable bonds is 11. The Morgan fingerprint density at radius 1 is 1.19 bits per heavy atom. The van der Waals surface area contributed by atoms with Crippen LogP contribution >= 0.6 is 0 Å². The molecule has 2 heterocycles. The summed E-state index contributed by atoms with van der Waals surface area (Å²) in [6, 6.07) is 8.19. The third kappa shape index (κ3) is 6.93. The van der Waals surface area contributed by atoms with Crippen molar-refractivity contribution in [3.8, 4) is 5.75 Å². The van der Waals surface area contributed by atoms with E-state index in [1.165, 1.54) is 5.56 Å². The van der Waals surface area contributed by atoms with E-state index in [1.54, 1.807) is 14.2 Å². The highest BCUT2D eigenvalue weighted by Crippen LogP contribution is 2.17. The third-order valence-electron chi connectivity index (χ3n) is 5.78. The summed E-state index contributed by atoms with van der Waals surface area (Å²) in [4.78, 5) is 7.20. The first-order valence-corrected chi connectivity index (χ1v) is 11.2. The Bertz CT molecular complexity index is 852. The predicted octanol–water partition coefficient (Wildman–Crippen LogP) is 1.81. The van der Waals surface area contributed by atoms with Crippen LogP contribution in [-0.4, -0.2) is 79.3 Å². The number of benzene rings is 1. The second kappa shape index (κ2) is 12.4. The fourth-order valence-corrected chi connectivity index (χ4v) is 3.67. The molecule has 1 atom stereocenters. The minimum Gasteiger partial charge on any atom is -0.497 e. The van der Waals surface area contributed by atoms with E-state index >= 15 is 0 Å². The van der Waals surface area contributed by atoms with E-state index in [4.69, 9.17) is 19.2 Å². The zero-order chi connectivity index (χ0) is 22.8. The van der Waals surface area contributed by atoms with Crippen LogP contribution in [-0.2, 0) is 29.5 Å². The number of aliphatic imine (C=N–C) groups is 1. The first kappa shape index (κ1) is 24.0. The number of likely N-dealkylation sites (tertiary alicyclic amines) is 1. The van der Waals surface area contributed by atoms with Gasteiger partial charge in [0.1, 0.15) is 18.1 Å². The minimum absolute atomic E-state index is 0.494. The summed E-state index contributed by atoms with van der Waals surface area (Å²) < 4.78 is 18.0. The molecule has 1 unspecified atom stereocenters. The Labute approximate surface area is 190 Å². The fourth-order valence-electron chi connectivity index (χ4n) is 3.67.